The molecule has 0 atom stereocenters. The fraction of sp³-hybridized carbons (Fsp3) is 0. The quantitative estimate of drug-likeness (QED) is 0.364. The number of rotatable bonds is 0. The summed E-state index contributed by atoms with van der Waals surface area (Å²) in [6.45, 7) is 0. The molecule has 0 bridgehead atoms. The lowest BCUT2D eigenvalue weighted by Crippen LogP contribution is -2.04. The van der Waals surface area contributed by atoms with Crippen LogP contribution < -0.4 is 10.9 Å². The van der Waals surface area contributed by atoms with E-state index in [2.05, 4.69) is 0 Å². The summed E-state index contributed by atoms with van der Waals surface area (Å²) >= 11 is 3.19. The van der Waals surface area contributed by atoms with Gasteiger partial charge in [0.25, 0.3) is 0 Å². The van der Waals surface area contributed by atoms with Crippen molar-refractivity contribution in [1.29, 1.82) is 0 Å². The molecule has 0 aliphatic heterocycles. The normalized spacial score (nSPS) is 11.7. The zero-order chi connectivity index (χ0) is 16.3. The van der Waals surface area contributed by atoms with Crippen molar-refractivity contribution in [1.82, 2.24) is 0 Å². The van der Waals surface area contributed by atoms with Crippen LogP contribution in [0.3, 0.4) is 0 Å². The molecule has 0 radical (unpaired) electrons. The van der Waals surface area contributed by atoms with Crippen LogP contribution in [0.25, 0.3) is 40.3 Å². The van der Waals surface area contributed by atoms with E-state index < -0.39 is 0 Å². The Labute approximate surface area is 144 Å². The molecular weight excluding hydrogens is 336 g/mol. The second-order valence-corrected chi connectivity index (χ2v) is 7.87. The van der Waals surface area contributed by atoms with E-state index in [0.29, 0.717) is 21.5 Å². The first-order valence-corrected chi connectivity index (χ1v) is 9.17. The molecule has 0 N–H and O–H groups in total. The second kappa shape index (κ2) is 4.97. The first-order valence-electron chi connectivity index (χ1n) is 7.53. The highest BCUT2D eigenvalue weighted by Crippen LogP contribution is 2.31. The zero-order valence-corrected chi connectivity index (χ0v) is 14.0. The SMILES string of the molecule is O=c1c2ccccc2sc2cc3sc4ccccc4c(=O)c3cc12. The highest BCUT2D eigenvalue weighted by Gasteiger charge is 2.11. The van der Waals surface area contributed by atoms with E-state index in [4.69, 9.17) is 0 Å². The van der Waals surface area contributed by atoms with Gasteiger partial charge in [0.05, 0.1) is 0 Å². The van der Waals surface area contributed by atoms with Crippen LogP contribution in [0.5, 0.6) is 0 Å². The monoisotopic (exact) mass is 346 g/mol. The maximum absolute atomic E-state index is 12.8. The average Bonchev–Trinajstić information content (AvgIpc) is 2.61. The molecule has 114 valence electrons. The van der Waals surface area contributed by atoms with Crippen molar-refractivity contribution in [3.63, 3.8) is 0 Å². The molecule has 0 amide bonds. The van der Waals surface area contributed by atoms with Crippen LogP contribution in [0.4, 0.5) is 0 Å². The molecule has 2 heterocycles. The number of fused-ring (bicyclic) bond motifs is 4. The van der Waals surface area contributed by atoms with Gasteiger partial charge in [-0.15, -0.1) is 22.7 Å². The summed E-state index contributed by atoms with van der Waals surface area (Å²) in [5, 5.41) is 2.69. The summed E-state index contributed by atoms with van der Waals surface area (Å²) in [5.74, 6) is 0. The van der Waals surface area contributed by atoms with Gasteiger partial charge in [-0.05, 0) is 36.4 Å². The molecule has 3 aromatic carbocycles. The summed E-state index contributed by atoms with van der Waals surface area (Å²) in [6, 6.07) is 19.0. The maximum Gasteiger partial charge on any atom is 0.195 e. The molecule has 24 heavy (non-hydrogen) atoms. The minimum Gasteiger partial charge on any atom is -0.289 e. The van der Waals surface area contributed by atoms with Gasteiger partial charge in [-0.25, -0.2) is 0 Å². The molecule has 4 heteroatoms. The first kappa shape index (κ1) is 13.8. The van der Waals surface area contributed by atoms with Gasteiger partial charge >= 0.3 is 0 Å². The molecule has 5 rings (SSSR count). The van der Waals surface area contributed by atoms with Crippen molar-refractivity contribution in [2.45, 2.75) is 0 Å². The first-order chi connectivity index (χ1) is 11.7. The molecule has 0 aliphatic rings. The standard InChI is InChI=1S/C20H10O2S2/c21-19-11-5-1-3-7-15(11)23-17-10-18-14(9-13(17)19)20(22)12-6-2-4-8-16(12)24-18/h1-10H. The predicted octanol–water partition coefficient (Wildman–Crippen LogP) is 5.14. The third-order valence-corrected chi connectivity index (χ3v) is 6.54. The van der Waals surface area contributed by atoms with Gasteiger partial charge in [-0.3, -0.25) is 9.59 Å². The molecule has 5 aromatic rings. The number of benzene rings is 3. The van der Waals surface area contributed by atoms with Crippen LogP contribution in [-0.4, -0.2) is 0 Å². The van der Waals surface area contributed by atoms with Crippen molar-refractivity contribution in [2.75, 3.05) is 0 Å². The highest BCUT2D eigenvalue weighted by molar-refractivity contribution is 7.26. The van der Waals surface area contributed by atoms with Crippen molar-refractivity contribution in [3.8, 4) is 0 Å². The van der Waals surface area contributed by atoms with Gasteiger partial charge in [0.15, 0.2) is 10.9 Å². The van der Waals surface area contributed by atoms with Crippen LogP contribution in [0.1, 0.15) is 0 Å². The fourth-order valence-electron chi connectivity index (χ4n) is 3.10. The Bertz CT molecular complexity index is 1290. The largest absolute Gasteiger partial charge is 0.289 e. The molecule has 0 fully saturated rings. The minimum atomic E-state index is -0.00110. The third kappa shape index (κ3) is 1.87. The van der Waals surface area contributed by atoms with E-state index in [1.54, 1.807) is 28.7 Å². The van der Waals surface area contributed by atoms with Gasteiger partial charge in [0.1, 0.15) is 0 Å². The van der Waals surface area contributed by atoms with Crippen molar-refractivity contribution >= 4 is 63.0 Å². The molecule has 0 aliphatic carbocycles. The van der Waals surface area contributed by atoms with Crippen LogP contribution in [0.15, 0.2) is 70.3 Å². The summed E-state index contributed by atoms with van der Waals surface area (Å²) in [4.78, 5) is 25.6. The highest BCUT2D eigenvalue weighted by atomic mass is 32.1. The van der Waals surface area contributed by atoms with E-state index in [1.165, 1.54) is 0 Å². The van der Waals surface area contributed by atoms with E-state index in [-0.39, 0.29) is 10.9 Å². The van der Waals surface area contributed by atoms with Gasteiger partial charge in [-0.2, -0.15) is 0 Å². The fourth-order valence-corrected chi connectivity index (χ4v) is 5.36. The lowest BCUT2D eigenvalue weighted by Gasteiger charge is -2.04. The van der Waals surface area contributed by atoms with Gasteiger partial charge in [0, 0.05) is 40.3 Å². The Balaban J connectivity index is 2.05. The van der Waals surface area contributed by atoms with Crippen molar-refractivity contribution in [3.05, 3.63) is 81.1 Å². The Morgan fingerprint density at radius 1 is 0.500 bits per heavy atom. The van der Waals surface area contributed by atoms with Crippen LogP contribution in [0.2, 0.25) is 0 Å². The number of hydrogen-bond acceptors (Lipinski definition) is 4. The van der Waals surface area contributed by atoms with E-state index >= 15 is 0 Å². The average molecular weight is 346 g/mol. The molecule has 0 spiro atoms. The van der Waals surface area contributed by atoms with E-state index in [9.17, 15) is 9.59 Å². The molecule has 0 saturated carbocycles. The topological polar surface area (TPSA) is 34.1 Å². The number of hydrogen-bond donors (Lipinski definition) is 0. The van der Waals surface area contributed by atoms with Crippen LogP contribution in [0, 0.1) is 0 Å². The molecule has 0 unspecified atom stereocenters. The summed E-state index contributed by atoms with van der Waals surface area (Å²) in [5.41, 5.74) is -0.00221. The van der Waals surface area contributed by atoms with Crippen molar-refractivity contribution < 1.29 is 0 Å². The lowest BCUT2D eigenvalue weighted by molar-refractivity contribution is 1.75. The Morgan fingerprint density at radius 2 is 0.958 bits per heavy atom. The minimum absolute atomic E-state index is 0.00110. The van der Waals surface area contributed by atoms with Crippen LogP contribution in [-0.2, 0) is 0 Å². The lowest BCUT2D eigenvalue weighted by atomic mass is 10.1. The summed E-state index contributed by atoms with van der Waals surface area (Å²) in [6.07, 6.45) is 0. The van der Waals surface area contributed by atoms with Crippen molar-refractivity contribution in [2.24, 2.45) is 0 Å². The Kier molecular flexibility index (Phi) is 2.86. The van der Waals surface area contributed by atoms with Gasteiger partial charge < -0.3 is 0 Å². The summed E-state index contributed by atoms with van der Waals surface area (Å²) in [7, 11) is 0. The second-order valence-electron chi connectivity index (χ2n) is 5.70. The molecule has 0 saturated heterocycles. The molecule has 2 aromatic heterocycles. The smallest absolute Gasteiger partial charge is 0.195 e. The third-order valence-electron chi connectivity index (χ3n) is 4.27. The van der Waals surface area contributed by atoms with Gasteiger partial charge in [-0.1, -0.05) is 24.3 Å². The predicted molar refractivity (Wildman–Crippen MR) is 105 cm³/mol. The summed E-state index contributed by atoms with van der Waals surface area (Å²) < 4.78 is 3.80. The Morgan fingerprint density at radius 3 is 1.46 bits per heavy atom. The van der Waals surface area contributed by atoms with E-state index in [1.807, 2.05) is 54.6 Å². The zero-order valence-electron chi connectivity index (χ0n) is 12.4. The maximum atomic E-state index is 12.8. The molecular formula is C20H10O2S2. The van der Waals surface area contributed by atoms with E-state index in [0.717, 1.165) is 18.8 Å². The van der Waals surface area contributed by atoms with Crippen LogP contribution >= 0.6 is 22.7 Å². The Hall–Kier alpha value is -2.56. The van der Waals surface area contributed by atoms with Gasteiger partial charge in [0.2, 0.25) is 0 Å². The molecule has 2 nitrogen and oxygen atoms in total.